The fourth-order valence-corrected chi connectivity index (χ4v) is 2.22. The van der Waals surface area contributed by atoms with Crippen molar-refractivity contribution in [2.75, 3.05) is 6.54 Å². The van der Waals surface area contributed by atoms with Crippen molar-refractivity contribution in [3.8, 4) is 0 Å². The fourth-order valence-electron chi connectivity index (χ4n) is 2.22. The van der Waals surface area contributed by atoms with Crippen LogP contribution in [0.15, 0.2) is 30.3 Å². The molecule has 1 aromatic carbocycles. The van der Waals surface area contributed by atoms with Crippen molar-refractivity contribution in [1.29, 1.82) is 0 Å². The molecule has 18 heavy (non-hydrogen) atoms. The van der Waals surface area contributed by atoms with Gasteiger partial charge in [-0.3, -0.25) is 5.32 Å². The van der Waals surface area contributed by atoms with Gasteiger partial charge in [0.1, 0.15) is 5.54 Å². The Hall–Kier alpha value is -1.35. The molecule has 2 N–H and O–H groups in total. The SMILES string of the molecule is CCCCNC(CCC)(C(=O)O)c1ccccc1. The smallest absolute Gasteiger partial charge is 0.328 e. The molecule has 0 amide bonds. The number of carboxylic acids is 1. The third-order valence-corrected chi connectivity index (χ3v) is 3.21. The number of aliphatic carboxylic acids is 1. The summed E-state index contributed by atoms with van der Waals surface area (Å²) in [4.78, 5) is 11.7. The Bertz CT molecular complexity index is 364. The number of nitrogens with one attached hydrogen (secondary N) is 1. The second kappa shape index (κ2) is 7.17. The third kappa shape index (κ3) is 3.33. The van der Waals surface area contributed by atoms with Crippen LogP contribution in [0.25, 0.3) is 0 Å². The van der Waals surface area contributed by atoms with Crippen molar-refractivity contribution in [3.05, 3.63) is 35.9 Å². The predicted octanol–water partition coefficient (Wildman–Crippen LogP) is 3.16. The minimum atomic E-state index is -0.939. The highest BCUT2D eigenvalue weighted by Gasteiger charge is 2.38. The van der Waals surface area contributed by atoms with Crippen LogP contribution < -0.4 is 5.32 Å². The molecule has 0 saturated heterocycles. The zero-order chi connectivity index (χ0) is 13.4. The molecule has 0 spiro atoms. The lowest BCUT2D eigenvalue weighted by Crippen LogP contribution is -2.49. The monoisotopic (exact) mass is 249 g/mol. The van der Waals surface area contributed by atoms with Crippen LogP contribution in [0.2, 0.25) is 0 Å². The fraction of sp³-hybridized carbons (Fsp3) is 0.533. The third-order valence-electron chi connectivity index (χ3n) is 3.21. The molecule has 100 valence electrons. The van der Waals surface area contributed by atoms with Crippen molar-refractivity contribution in [2.24, 2.45) is 0 Å². The van der Waals surface area contributed by atoms with Gasteiger partial charge in [-0.05, 0) is 24.9 Å². The van der Waals surface area contributed by atoms with Gasteiger partial charge in [-0.15, -0.1) is 0 Å². The molecular weight excluding hydrogens is 226 g/mol. The van der Waals surface area contributed by atoms with Gasteiger partial charge in [0.15, 0.2) is 0 Å². The van der Waals surface area contributed by atoms with Gasteiger partial charge in [0.25, 0.3) is 0 Å². The summed E-state index contributed by atoms with van der Waals surface area (Å²) in [5.41, 5.74) is -0.0963. The number of carboxylic acid groups (broad SMARTS) is 1. The standard InChI is InChI=1S/C15H23NO2/c1-3-5-12-16-15(11-4-2,14(17)18)13-9-7-6-8-10-13/h6-10,16H,3-5,11-12H2,1-2H3,(H,17,18). The van der Waals surface area contributed by atoms with Crippen molar-refractivity contribution in [3.63, 3.8) is 0 Å². The zero-order valence-electron chi connectivity index (χ0n) is 11.3. The highest BCUT2D eigenvalue weighted by Crippen LogP contribution is 2.27. The van der Waals surface area contributed by atoms with Crippen LogP contribution >= 0.6 is 0 Å². The number of unbranched alkanes of at least 4 members (excludes halogenated alkanes) is 1. The van der Waals surface area contributed by atoms with E-state index >= 15 is 0 Å². The van der Waals surface area contributed by atoms with E-state index in [1.807, 2.05) is 37.3 Å². The Morgan fingerprint density at radius 3 is 2.39 bits per heavy atom. The molecule has 0 saturated carbocycles. The predicted molar refractivity (Wildman–Crippen MR) is 73.6 cm³/mol. The van der Waals surface area contributed by atoms with Gasteiger partial charge in [0, 0.05) is 0 Å². The summed E-state index contributed by atoms with van der Waals surface area (Å²) in [6, 6.07) is 9.48. The lowest BCUT2D eigenvalue weighted by atomic mass is 9.85. The molecule has 0 aliphatic rings. The maximum absolute atomic E-state index is 11.7. The largest absolute Gasteiger partial charge is 0.480 e. The van der Waals surface area contributed by atoms with Crippen LogP contribution in [0.3, 0.4) is 0 Å². The zero-order valence-corrected chi connectivity index (χ0v) is 11.3. The first-order valence-electron chi connectivity index (χ1n) is 6.71. The van der Waals surface area contributed by atoms with Gasteiger partial charge >= 0.3 is 5.97 Å². The maximum atomic E-state index is 11.7. The molecular formula is C15H23NO2. The molecule has 0 aliphatic heterocycles. The van der Waals surface area contributed by atoms with Crippen LogP contribution in [0.4, 0.5) is 0 Å². The van der Waals surface area contributed by atoms with E-state index in [9.17, 15) is 9.90 Å². The molecule has 0 fully saturated rings. The Morgan fingerprint density at radius 2 is 1.89 bits per heavy atom. The molecule has 1 atom stereocenters. The first-order chi connectivity index (χ1) is 8.67. The summed E-state index contributed by atoms with van der Waals surface area (Å²) in [6.45, 7) is 4.85. The molecule has 3 nitrogen and oxygen atoms in total. The van der Waals surface area contributed by atoms with E-state index in [1.54, 1.807) is 0 Å². The molecule has 1 aromatic rings. The van der Waals surface area contributed by atoms with Gasteiger partial charge in [0.2, 0.25) is 0 Å². The van der Waals surface area contributed by atoms with E-state index in [4.69, 9.17) is 0 Å². The molecule has 0 aliphatic carbocycles. The van der Waals surface area contributed by atoms with Crippen molar-refractivity contribution in [2.45, 2.75) is 45.1 Å². The van der Waals surface area contributed by atoms with E-state index < -0.39 is 11.5 Å². The summed E-state index contributed by atoms with van der Waals surface area (Å²) in [5.74, 6) is -0.786. The van der Waals surface area contributed by atoms with E-state index in [0.29, 0.717) is 6.42 Å². The van der Waals surface area contributed by atoms with Gasteiger partial charge in [-0.25, -0.2) is 4.79 Å². The minimum Gasteiger partial charge on any atom is -0.480 e. The van der Waals surface area contributed by atoms with E-state index in [0.717, 1.165) is 31.4 Å². The summed E-state index contributed by atoms with van der Waals surface area (Å²) in [5, 5.41) is 12.9. The van der Waals surface area contributed by atoms with Crippen LogP contribution in [0.1, 0.15) is 45.1 Å². The molecule has 0 heterocycles. The van der Waals surface area contributed by atoms with Gasteiger partial charge in [-0.2, -0.15) is 0 Å². The van der Waals surface area contributed by atoms with Gasteiger partial charge in [-0.1, -0.05) is 57.0 Å². The Morgan fingerprint density at radius 1 is 1.22 bits per heavy atom. The van der Waals surface area contributed by atoms with Crippen molar-refractivity contribution < 1.29 is 9.90 Å². The average Bonchev–Trinajstić information content (AvgIpc) is 2.38. The molecule has 1 unspecified atom stereocenters. The first-order valence-corrected chi connectivity index (χ1v) is 6.71. The number of benzene rings is 1. The Balaban J connectivity index is 3.01. The topological polar surface area (TPSA) is 49.3 Å². The maximum Gasteiger partial charge on any atom is 0.328 e. The molecule has 0 radical (unpaired) electrons. The molecule has 0 aromatic heterocycles. The summed E-state index contributed by atoms with van der Waals surface area (Å²) in [7, 11) is 0. The normalized spacial score (nSPS) is 14.1. The molecule has 3 heteroatoms. The van der Waals surface area contributed by atoms with E-state index in [2.05, 4.69) is 12.2 Å². The first kappa shape index (κ1) is 14.7. The average molecular weight is 249 g/mol. The number of hydrogen-bond donors (Lipinski definition) is 2. The van der Waals surface area contributed by atoms with Crippen LogP contribution in [0.5, 0.6) is 0 Å². The summed E-state index contributed by atoms with van der Waals surface area (Å²) in [6.07, 6.45) is 3.49. The van der Waals surface area contributed by atoms with Gasteiger partial charge in [0.05, 0.1) is 0 Å². The quantitative estimate of drug-likeness (QED) is 0.696. The Labute approximate surface area is 109 Å². The van der Waals surface area contributed by atoms with E-state index in [1.165, 1.54) is 0 Å². The van der Waals surface area contributed by atoms with Crippen LogP contribution in [-0.2, 0) is 10.3 Å². The highest BCUT2D eigenvalue weighted by molar-refractivity contribution is 5.80. The second-order valence-corrected chi connectivity index (χ2v) is 4.61. The Kier molecular flexibility index (Phi) is 5.86. The summed E-state index contributed by atoms with van der Waals surface area (Å²) < 4.78 is 0. The number of hydrogen-bond acceptors (Lipinski definition) is 2. The van der Waals surface area contributed by atoms with Gasteiger partial charge < -0.3 is 5.11 Å². The minimum absolute atomic E-state index is 0.607. The summed E-state index contributed by atoms with van der Waals surface area (Å²) >= 11 is 0. The number of rotatable bonds is 8. The van der Waals surface area contributed by atoms with Crippen molar-refractivity contribution >= 4 is 5.97 Å². The lowest BCUT2D eigenvalue weighted by molar-refractivity contribution is -0.145. The van der Waals surface area contributed by atoms with E-state index in [-0.39, 0.29) is 0 Å². The number of carbonyl (C=O) groups is 1. The van der Waals surface area contributed by atoms with Crippen molar-refractivity contribution in [1.82, 2.24) is 5.32 Å². The van der Waals surface area contributed by atoms with Crippen LogP contribution in [0, 0.1) is 0 Å². The second-order valence-electron chi connectivity index (χ2n) is 4.61. The molecule has 0 bridgehead atoms. The van der Waals surface area contributed by atoms with Crippen LogP contribution in [-0.4, -0.2) is 17.6 Å². The molecule has 1 rings (SSSR count). The highest BCUT2D eigenvalue weighted by atomic mass is 16.4. The lowest BCUT2D eigenvalue weighted by Gasteiger charge is -2.31.